The number of rotatable bonds is 4. The average molecular weight is 374 g/mol. The Labute approximate surface area is 155 Å². The third-order valence-corrected chi connectivity index (χ3v) is 4.44. The van der Waals surface area contributed by atoms with Crippen LogP contribution in [0.2, 0.25) is 5.02 Å². The Morgan fingerprint density at radius 2 is 2.04 bits per heavy atom. The number of carbonyl (C=O) groups is 2. The molecule has 1 amide bonds. The molecule has 0 unspecified atom stereocenters. The SMILES string of the molecule is C[C@@H](OC(=O)/C=C/c1ccc(F)c(Cl)c1)C(=O)N1CCc2ccccc21. The summed E-state index contributed by atoms with van der Waals surface area (Å²) < 4.78 is 18.3. The lowest BCUT2D eigenvalue weighted by Gasteiger charge is -2.21. The van der Waals surface area contributed by atoms with E-state index in [2.05, 4.69) is 0 Å². The molecule has 0 fully saturated rings. The Hall–Kier alpha value is -2.66. The van der Waals surface area contributed by atoms with E-state index in [9.17, 15) is 14.0 Å². The summed E-state index contributed by atoms with van der Waals surface area (Å²) in [6.07, 6.45) is 2.52. The largest absolute Gasteiger partial charge is 0.449 e. The van der Waals surface area contributed by atoms with Gasteiger partial charge in [0.25, 0.3) is 5.91 Å². The average Bonchev–Trinajstić information content (AvgIpc) is 3.06. The van der Waals surface area contributed by atoms with E-state index in [0.29, 0.717) is 12.1 Å². The quantitative estimate of drug-likeness (QED) is 0.601. The molecular weight excluding hydrogens is 357 g/mol. The molecule has 0 radical (unpaired) electrons. The number of nitrogens with zero attached hydrogens (tertiary/aromatic N) is 1. The van der Waals surface area contributed by atoms with Gasteiger partial charge < -0.3 is 9.64 Å². The van der Waals surface area contributed by atoms with Crippen LogP contribution in [0.15, 0.2) is 48.5 Å². The molecule has 2 aromatic carbocycles. The normalized spacial score (nSPS) is 14.3. The molecule has 0 aromatic heterocycles. The van der Waals surface area contributed by atoms with Gasteiger partial charge in [-0.1, -0.05) is 35.9 Å². The fourth-order valence-electron chi connectivity index (χ4n) is 2.83. The maximum Gasteiger partial charge on any atom is 0.331 e. The maximum absolute atomic E-state index is 13.1. The minimum Gasteiger partial charge on any atom is -0.449 e. The minimum absolute atomic E-state index is 0.0308. The first-order valence-corrected chi connectivity index (χ1v) is 8.56. The smallest absolute Gasteiger partial charge is 0.331 e. The lowest BCUT2D eigenvalue weighted by molar-refractivity contribution is -0.149. The highest BCUT2D eigenvalue weighted by Gasteiger charge is 2.29. The first-order chi connectivity index (χ1) is 12.5. The van der Waals surface area contributed by atoms with Gasteiger partial charge in [0, 0.05) is 18.3 Å². The van der Waals surface area contributed by atoms with Crippen LogP contribution in [-0.2, 0) is 20.7 Å². The van der Waals surface area contributed by atoms with Crippen molar-refractivity contribution >= 4 is 35.2 Å². The van der Waals surface area contributed by atoms with Gasteiger partial charge in [-0.2, -0.15) is 0 Å². The summed E-state index contributed by atoms with van der Waals surface area (Å²) in [4.78, 5) is 26.2. The van der Waals surface area contributed by atoms with E-state index in [0.717, 1.165) is 17.7 Å². The highest BCUT2D eigenvalue weighted by molar-refractivity contribution is 6.30. The molecule has 0 N–H and O–H groups in total. The van der Waals surface area contributed by atoms with E-state index in [1.807, 2.05) is 24.3 Å². The van der Waals surface area contributed by atoms with Crippen molar-refractivity contribution in [1.82, 2.24) is 0 Å². The Balaban J connectivity index is 1.61. The van der Waals surface area contributed by atoms with E-state index in [-0.39, 0.29) is 10.9 Å². The molecule has 1 heterocycles. The van der Waals surface area contributed by atoms with Gasteiger partial charge in [0.05, 0.1) is 5.02 Å². The predicted molar refractivity (Wildman–Crippen MR) is 98.5 cm³/mol. The monoisotopic (exact) mass is 373 g/mol. The first-order valence-electron chi connectivity index (χ1n) is 8.19. The Morgan fingerprint density at radius 3 is 2.81 bits per heavy atom. The van der Waals surface area contributed by atoms with Gasteiger partial charge in [-0.05, 0) is 48.7 Å². The topological polar surface area (TPSA) is 46.6 Å². The van der Waals surface area contributed by atoms with Crippen molar-refractivity contribution in [3.05, 3.63) is 70.5 Å². The second-order valence-corrected chi connectivity index (χ2v) is 6.36. The fourth-order valence-corrected chi connectivity index (χ4v) is 3.02. The number of para-hydroxylation sites is 1. The lowest BCUT2D eigenvalue weighted by Crippen LogP contribution is -2.38. The molecule has 26 heavy (non-hydrogen) atoms. The van der Waals surface area contributed by atoms with Gasteiger partial charge in [0.1, 0.15) is 5.82 Å². The van der Waals surface area contributed by atoms with Crippen LogP contribution in [0.3, 0.4) is 0 Å². The molecule has 4 nitrogen and oxygen atoms in total. The number of ether oxygens (including phenoxy) is 1. The summed E-state index contributed by atoms with van der Waals surface area (Å²) in [5.74, 6) is -1.45. The third-order valence-electron chi connectivity index (χ3n) is 4.15. The first kappa shape index (κ1) is 18.1. The van der Waals surface area contributed by atoms with Gasteiger partial charge >= 0.3 is 5.97 Å². The van der Waals surface area contributed by atoms with Crippen molar-refractivity contribution in [3.63, 3.8) is 0 Å². The summed E-state index contributed by atoms with van der Waals surface area (Å²) in [6, 6.07) is 11.8. The number of hydrogen-bond donors (Lipinski definition) is 0. The maximum atomic E-state index is 13.1. The number of esters is 1. The van der Waals surface area contributed by atoms with Gasteiger partial charge in [-0.3, -0.25) is 4.79 Å². The molecule has 0 saturated carbocycles. The molecule has 134 valence electrons. The highest BCUT2D eigenvalue weighted by Crippen LogP contribution is 2.28. The number of amides is 1. The Morgan fingerprint density at radius 1 is 1.27 bits per heavy atom. The van der Waals surface area contributed by atoms with E-state index < -0.39 is 17.9 Å². The van der Waals surface area contributed by atoms with Gasteiger partial charge in [-0.15, -0.1) is 0 Å². The number of fused-ring (bicyclic) bond motifs is 1. The predicted octanol–water partition coefficient (Wildman–Crippen LogP) is 4.01. The molecular formula is C20H17ClFNO3. The molecule has 3 rings (SSSR count). The minimum atomic E-state index is -0.907. The van der Waals surface area contributed by atoms with Crippen molar-refractivity contribution in [3.8, 4) is 0 Å². The fraction of sp³-hybridized carbons (Fsp3) is 0.200. The van der Waals surface area contributed by atoms with Crippen LogP contribution in [0.5, 0.6) is 0 Å². The van der Waals surface area contributed by atoms with Crippen LogP contribution >= 0.6 is 11.6 Å². The van der Waals surface area contributed by atoms with E-state index in [1.54, 1.807) is 11.8 Å². The molecule has 0 spiro atoms. The molecule has 0 aliphatic carbocycles. The summed E-state index contributed by atoms with van der Waals surface area (Å²) in [5, 5.41) is -0.0308. The molecule has 1 aliphatic heterocycles. The van der Waals surface area contributed by atoms with Crippen molar-refractivity contribution in [1.29, 1.82) is 0 Å². The van der Waals surface area contributed by atoms with E-state index in [1.165, 1.54) is 30.4 Å². The van der Waals surface area contributed by atoms with E-state index >= 15 is 0 Å². The summed E-state index contributed by atoms with van der Waals surface area (Å²) >= 11 is 5.69. The van der Waals surface area contributed by atoms with Crippen molar-refractivity contribution in [2.24, 2.45) is 0 Å². The standard InChI is InChI=1S/C20H17ClFNO3/c1-13(20(25)23-11-10-15-4-2-3-5-18(15)23)26-19(24)9-7-14-6-8-17(22)16(21)12-14/h2-9,12-13H,10-11H2,1H3/b9-7+/t13-/m1/s1. The molecule has 0 bridgehead atoms. The molecule has 0 saturated heterocycles. The molecule has 2 aromatic rings. The Bertz CT molecular complexity index is 881. The van der Waals surface area contributed by atoms with E-state index in [4.69, 9.17) is 16.3 Å². The second kappa shape index (κ2) is 7.70. The molecule has 1 aliphatic rings. The summed E-state index contributed by atoms with van der Waals surface area (Å²) in [6.45, 7) is 2.12. The molecule has 1 atom stereocenters. The number of hydrogen-bond acceptors (Lipinski definition) is 3. The number of anilines is 1. The van der Waals surface area contributed by atoms with Gasteiger partial charge in [-0.25, -0.2) is 9.18 Å². The van der Waals surface area contributed by atoms with Crippen molar-refractivity contribution in [2.75, 3.05) is 11.4 Å². The number of benzene rings is 2. The van der Waals surface area contributed by atoms with Gasteiger partial charge in [0.2, 0.25) is 0 Å². The van der Waals surface area contributed by atoms with Gasteiger partial charge in [0.15, 0.2) is 6.10 Å². The number of halogens is 2. The van der Waals surface area contributed by atoms with Crippen molar-refractivity contribution < 1.29 is 18.7 Å². The lowest BCUT2D eigenvalue weighted by atomic mass is 10.2. The third kappa shape index (κ3) is 3.94. The highest BCUT2D eigenvalue weighted by atomic mass is 35.5. The van der Waals surface area contributed by atoms with Crippen molar-refractivity contribution in [2.45, 2.75) is 19.4 Å². The zero-order valence-electron chi connectivity index (χ0n) is 14.1. The number of carbonyl (C=O) groups excluding carboxylic acids is 2. The van der Waals surface area contributed by atoms with Crippen LogP contribution in [-0.4, -0.2) is 24.5 Å². The van der Waals surface area contributed by atoms with Crippen LogP contribution in [0.4, 0.5) is 10.1 Å². The Kier molecular flexibility index (Phi) is 5.38. The summed E-state index contributed by atoms with van der Waals surface area (Å²) in [7, 11) is 0. The molecule has 6 heteroatoms. The summed E-state index contributed by atoms with van der Waals surface area (Å²) in [5.41, 5.74) is 2.52. The van der Waals surface area contributed by atoms with Crippen LogP contribution in [0.1, 0.15) is 18.1 Å². The zero-order valence-corrected chi connectivity index (χ0v) is 14.9. The van der Waals surface area contributed by atoms with Crippen LogP contribution in [0, 0.1) is 5.82 Å². The zero-order chi connectivity index (χ0) is 18.7. The second-order valence-electron chi connectivity index (χ2n) is 5.95. The van der Waals surface area contributed by atoms with Crippen LogP contribution in [0.25, 0.3) is 6.08 Å². The van der Waals surface area contributed by atoms with Crippen LogP contribution < -0.4 is 4.90 Å².